The van der Waals surface area contributed by atoms with Crippen molar-refractivity contribution in [2.45, 2.75) is 47.1 Å². The van der Waals surface area contributed by atoms with Crippen LogP contribution in [0, 0.1) is 13.8 Å². The smallest absolute Gasteiger partial charge is 0.341 e. The summed E-state index contributed by atoms with van der Waals surface area (Å²) in [6, 6.07) is 15.3. The molecule has 0 spiro atoms. The highest BCUT2D eigenvalue weighted by Gasteiger charge is 2.28. The van der Waals surface area contributed by atoms with Gasteiger partial charge in [-0.05, 0) is 67.6 Å². The summed E-state index contributed by atoms with van der Waals surface area (Å²) in [5.74, 6) is -0.993. The number of allylic oxidation sites excluding steroid dienone is 1. The van der Waals surface area contributed by atoms with Crippen LogP contribution in [0.5, 0.6) is 0 Å². The van der Waals surface area contributed by atoms with Crippen molar-refractivity contribution in [2.75, 3.05) is 17.2 Å². The topological polar surface area (TPSA) is 89.4 Å². The number of fused-ring (bicyclic) bond motifs is 1. The summed E-state index contributed by atoms with van der Waals surface area (Å²) in [6.07, 6.45) is 1.75. The van der Waals surface area contributed by atoms with Crippen LogP contribution in [0.1, 0.15) is 73.9 Å². The average molecular weight is 544 g/mol. The van der Waals surface area contributed by atoms with Crippen molar-refractivity contribution in [1.82, 2.24) is 4.57 Å². The van der Waals surface area contributed by atoms with Crippen LogP contribution in [0.3, 0.4) is 0 Å². The van der Waals surface area contributed by atoms with E-state index in [9.17, 15) is 14.4 Å². The fourth-order valence-corrected chi connectivity index (χ4v) is 5.73. The fraction of sp³-hybridized carbons (Fsp3) is 0.258. The number of esters is 1. The Morgan fingerprint density at radius 1 is 1.03 bits per heavy atom. The zero-order valence-corrected chi connectivity index (χ0v) is 23.7. The molecule has 202 valence electrons. The van der Waals surface area contributed by atoms with Gasteiger partial charge in [0.2, 0.25) is 0 Å². The molecule has 2 amide bonds. The SMILES string of the molecule is C=CCn1c(C(=O)Nc2sc(C(=O)Nc3ccccc3)c(C)c2C(=O)OCC)c(C)c2cc(C(C)C)ccc21. The number of aryl methyl sites for hydroxylation is 1. The molecule has 2 aromatic heterocycles. The van der Waals surface area contributed by atoms with Gasteiger partial charge in [-0.15, -0.1) is 17.9 Å². The van der Waals surface area contributed by atoms with Crippen molar-refractivity contribution in [1.29, 1.82) is 0 Å². The molecule has 2 aromatic carbocycles. The van der Waals surface area contributed by atoms with Crippen LogP contribution in [0.2, 0.25) is 0 Å². The average Bonchev–Trinajstić information content (AvgIpc) is 3.38. The van der Waals surface area contributed by atoms with Gasteiger partial charge in [-0.1, -0.05) is 44.2 Å². The molecule has 39 heavy (non-hydrogen) atoms. The number of nitrogens with zero attached hydrogens (tertiary/aromatic N) is 1. The van der Waals surface area contributed by atoms with E-state index in [0.717, 1.165) is 27.8 Å². The zero-order valence-electron chi connectivity index (χ0n) is 22.9. The Morgan fingerprint density at radius 3 is 2.38 bits per heavy atom. The van der Waals surface area contributed by atoms with Crippen LogP contribution < -0.4 is 10.6 Å². The van der Waals surface area contributed by atoms with Crippen molar-refractivity contribution >= 4 is 50.7 Å². The third-order valence-electron chi connectivity index (χ3n) is 6.63. The number of thiophene rings is 1. The Labute approximate surface area is 232 Å². The standard InChI is InChI=1S/C31H33N3O4S/c1-7-16-34-24-15-14-21(18(3)4)17-23(24)19(5)26(34)28(35)33-30-25(31(37)38-8-2)20(6)27(39-30)29(36)32-22-12-10-9-11-13-22/h7,9-15,17-18H,1,8,16H2,2-6H3,(H,32,36)(H,33,35). The van der Waals surface area contributed by atoms with Gasteiger partial charge in [0.1, 0.15) is 10.7 Å². The second-order valence-corrected chi connectivity index (χ2v) is 10.6. The summed E-state index contributed by atoms with van der Waals surface area (Å²) in [5, 5.41) is 7.04. The number of hydrogen-bond donors (Lipinski definition) is 2. The molecule has 0 saturated carbocycles. The van der Waals surface area contributed by atoms with Gasteiger partial charge < -0.3 is 19.9 Å². The first-order chi connectivity index (χ1) is 18.7. The second-order valence-electron chi connectivity index (χ2n) is 9.56. The Morgan fingerprint density at radius 2 is 1.74 bits per heavy atom. The first-order valence-corrected chi connectivity index (χ1v) is 13.7. The number of rotatable bonds is 9. The molecule has 0 bridgehead atoms. The number of carbonyl (C=O) groups excluding carboxylic acids is 3. The summed E-state index contributed by atoms with van der Waals surface area (Å²) in [6.45, 7) is 14.1. The van der Waals surface area contributed by atoms with Gasteiger partial charge in [0, 0.05) is 23.1 Å². The number of para-hydroxylation sites is 1. The maximum absolute atomic E-state index is 13.8. The number of benzene rings is 2. The predicted octanol–water partition coefficient (Wildman–Crippen LogP) is 7.31. The van der Waals surface area contributed by atoms with Crippen LogP contribution in [0.25, 0.3) is 10.9 Å². The van der Waals surface area contributed by atoms with E-state index in [1.54, 1.807) is 32.1 Å². The van der Waals surface area contributed by atoms with Crippen LogP contribution in [-0.4, -0.2) is 29.0 Å². The number of anilines is 2. The van der Waals surface area contributed by atoms with Crippen molar-refractivity contribution in [3.63, 3.8) is 0 Å². The van der Waals surface area contributed by atoms with Gasteiger partial charge >= 0.3 is 5.97 Å². The molecule has 7 nitrogen and oxygen atoms in total. The summed E-state index contributed by atoms with van der Waals surface area (Å²) in [4.78, 5) is 40.3. The third-order valence-corrected chi connectivity index (χ3v) is 7.83. The van der Waals surface area contributed by atoms with Gasteiger partial charge in [-0.3, -0.25) is 9.59 Å². The van der Waals surface area contributed by atoms with Crippen molar-refractivity contribution in [2.24, 2.45) is 0 Å². The summed E-state index contributed by atoms with van der Waals surface area (Å²) < 4.78 is 7.21. The molecule has 0 radical (unpaired) electrons. The predicted molar refractivity (Wildman–Crippen MR) is 158 cm³/mol. The van der Waals surface area contributed by atoms with E-state index in [4.69, 9.17) is 4.74 Å². The fourth-order valence-electron chi connectivity index (χ4n) is 4.65. The second kappa shape index (κ2) is 11.7. The Bertz CT molecular complexity index is 1560. The van der Waals surface area contributed by atoms with Crippen molar-refractivity contribution in [3.05, 3.63) is 94.0 Å². The van der Waals surface area contributed by atoms with Gasteiger partial charge in [0.05, 0.1) is 17.0 Å². The molecule has 4 rings (SSSR count). The first-order valence-electron chi connectivity index (χ1n) is 12.9. The highest BCUT2D eigenvalue weighted by molar-refractivity contribution is 7.19. The molecule has 2 N–H and O–H groups in total. The quantitative estimate of drug-likeness (QED) is 0.171. The van der Waals surface area contributed by atoms with E-state index in [-0.39, 0.29) is 29.0 Å². The lowest BCUT2D eigenvalue weighted by Gasteiger charge is -2.11. The number of hydrogen-bond acceptors (Lipinski definition) is 5. The van der Waals surface area contributed by atoms with E-state index in [2.05, 4.69) is 43.2 Å². The lowest BCUT2D eigenvalue weighted by molar-refractivity contribution is 0.0527. The van der Waals surface area contributed by atoms with Crippen LogP contribution in [0.4, 0.5) is 10.7 Å². The van der Waals surface area contributed by atoms with Crippen molar-refractivity contribution < 1.29 is 19.1 Å². The Balaban J connectivity index is 1.77. The monoisotopic (exact) mass is 543 g/mol. The van der Waals surface area contributed by atoms with Crippen LogP contribution in [0.15, 0.2) is 61.2 Å². The molecular formula is C31H33N3O4S. The molecule has 0 atom stereocenters. The molecule has 0 aliphatic carbocycles. The highest BCUT2D eigenvalue weighted by Crippen LogP contribution is 2.36. The molecule has 2 heterocycles. The van der Waals surface area contributed by atoms with Crippen LogP contribution >= 0.6 is 11.3 Å². The van der Waals surface area contributed by atoms with Gasteiger partial charge in [-0.25, -0.2) is 4.79 Å². The minimum atomic E-state index is -0.592. The summed E-state index contributed by atoms with van der Waals surface area (Å²) in [7, 11) is 0. The summed E-state index contributed by atoms with van der Waals surface area (Å²) in [5.41, 5.74) is 4.68. The van der Waals surface area contributed by atoms with E-state index < -0.39 is 5.97 Å². The molecule has 0 saturated heterocycles. The van der Waals surface area contributed by atoms with Crippen LogP contribution in [-0.2, 0) is 11.3 Å². The number of carbonyl (C=O) groups is 3. The minimum absolute atomic E-state index is 0.165. The Hall–Kier alpha value is -4.17. The van der Waals surface area contributed by atoms with Gasteiger partial charge in [-0.2, -0.15) is 0 Å². The molecule has 8 heteroatoms. The molecule has 0 unspecified atom stereocenters. The third kappa shape index (κ3) is 5.52. The highest BCUT2D eigenvalue weighted by atomic mass is 32.1. The minimum Gasteiger partial charge on any atom is -0.462 e. The number of aromatic nitrogens is 1. The normalized spacial score (nSPS) is 11.0. The first kappa shape index (κ1) is 27.9. The lowest BCUT2D eigenvalue weighted by Crippen LogP contribution is -2.19. The lowest BCUT2D eigenvalue weighted by atomic mass is 10.0. The molecule has 0 aliphatic rings. The number of amides is 2. The number of ether oxygens (including phenoxy) is 1. The number of nitrogens with one attached hydrogen (secondary N) is 2. The molecule has 4 aromatic rings. The molecular weight excluding hydrogens is 510 g/mol. The van der Waals surface area contributed by atoms with E-state index >= 15 is 0 Å². The maximum atomic E-state index is 13.8. The molecule has 0 aliphatic heterocycles. The van der Waals surface area contributed by atoms with Gasteiger partial charge in [0.15, 0.2) is 0 Å². The summed E-state index contributed by atoms with van der Waals surface area (Å²) >= 11 is 1.05. The van der Waals surface area contributed by atoms with E-state index in [1.807, 2.05) is 35.8 Å². The van der Waals surface area contributed by atoms with Gasteiger partial charge in [0.25, 0.3) is 11.8 Å². The van der Waals surface area contributed by atoms with Crippen molar-refractivity contribution in [3.8, 4) is 0 Å². The zero-order chi connectivity index (χ0) is 28.3. The van der Waals surface area contributed by atoms with E-state index in [1.165, 1.54) is 5.56 Å². The Kier molecular flexibility index (Phi) is 8.35. The largest absolute Gasteiger partial charge is 0.462 e. The molecule has 0 fully saturated rings. The maximum Gasteiger partial charge on any atom is 0.341 e. The van der Waals surface area contributed by atoms with E-state index in [0.29, 0.717) is 34.3 Å².